The molecule has 0 aromatic heterocycles. The van der Waals surface area contributed by atoms with E-state index in [2.05, 4.69) is 13.8 Å². The molecule has 0 radical (unpaired) electrons. The van der Waals surface area contributed by atoms with E-state index in [1.54, 1.807) is 0 Å². The standard InChI is InChI=1S/C9H16O2/c1-5-3-9(2)4-6(5)7(10)8(9)11/h5-8,10-11H,3-4H2,1-2H3/t5-,6?,7?,8?,9?/m1/s1. The van der Waals surface area contributed by atoms with Gasteiger partial charge >= 0.3 is 0 Å². The Hall–Kier alpha value is -0.0800. The first-order valence-corrected chi connectivity index (χ1v) is 4.41. The first-order chi connectivity index (χ1) is 5.04. The lowest BCUT2D eigenvalue weighted by atomic mass is 9.79. The van der Waals surface area contributed by atoms with Crippen molar-refractivity contribution in [1.82, 2.24) is 0 Å². The van der Waals surface area contributed by atoms with Crippen LogP contribution in [-0.4, -0.2) is 22.4 Å². The van der Waals surface area contributed by atoms with Gasteiger partial charge in [0.1, 0.15) is 0 Å². The molecular formula is C9H16O2. The number of aliphatic hydroxyl groups excluding tert-OH is 2. The Balaban J connectivity index is 2.27. The van der Waals surface area contributed by atoms with Crippen LogP contribution in [0.5, 0.6) is 0 Å². The molecule has 2 aliphatic rings. The fourth-order valence-corrected chi connectivity index (χ4v) is 3.06. The summed E-state index contributed by atoms with van der Waals surface area (Å²) in [5.74, 6) is 0.952. The normalized spacial score (nSPS) is 62.2. The SMILES string of the molecule is C[C@@H]1CC2(C)CC1C(O)C2O. The number of hydrogen-bond donors (Lipinski definition) is 2. The molecule has 2 bridgehead atoms. The van der Waals surface area contributed by atoms with Gasteiger partial charge in [-0.2, -0.15) is 0 Å². The largest absolute Gasteiger partial charge is 0.390 e. The van der Waals surface area contributed by atoms with E-state index in [-0.39, 0.29) is 5.41 Å². The van der Waals surface area contributed by atoms with Crippen molar-refractivity contribution in [3.05, 3.63) is 0 Å². The van der Waals surface area contributed by atoms with E-state index >= 15 is 0 Å². The molecule has 11 heavy (non-hydrogen) atoms. The fraction of sp³-hybridized carbons (Fsp3) is 1.00. The van der Waals surface area contributed by atoms with Gasteiger partial charge in [-0.05, 0) is 30.1 Å². The van der Waals surface area contributed by atoms with E-state index in [9.17, 15) is 10.2 Å². The maximum absolute atomic E-state index is 9.61. The Bertz CT molecular complexity index is 180. The lowest BCUT2D eigenvalue weighted by Gasteiger charge is -2.33. The van der Waals surface area contributed by atoms with E-state index in [0.29, 0.717) is 11.8 Å². The summed E-state index contributed by atoms with van der Waals surface area (Å²) in [6.07, 6.45) is 1.17. The minimum atomic E-state index is -0.469. The zero-order valence-corrected chi connectivity index (χ0v) is 7.12. The molecule has 0 aliphatic heterocycles. The average Bonchev–Trinajstić information content (AvgIpc) is 2.32. The van der Waals surface area contributed by atoms with Gasteiger partial charge in [0.2, 0.25) is 0 Å². The van der Waals surface area contributed by atoms with Gasteiger partial charge in [0.25, 0.3) is 0 Å². The molecule has 0 amide bonds. The van der Waals surface area contributed by atoms with E-state index < -0.39 is 12.2 Å². The van der Waals surface area contributed by atoms with Gasteiger partial charge in [0.05, 0.1) is 12.2 Å². The van der Waals surface area contributed by atoms with Crippen LogP contribution in [-0.2, 0) is 0 Å². The van der Waals surface area contributed by atoms with Crippen molar-refractivity contribution in [2.24, 2.45) is 17.3 Å². The second kappa shape index (κ2) is 1.99. The molecule has 2 saturated carbocycles. The summed E-state index contributed by atoms with van der Waals surface area (Å²) in [6.45, 7) is 4.26. The fourth-order valence-electron chi connectivity index (χ4n) is 3.06. The summed E-state index contributed by atoms with van der Waals surface area (Å²) in [5.41, 5.74) is 0.0174. The third kappa shape index (κ3) is 0.798. The molecule has 0 saturated heterocycles. The molecule has 2 heteroatoms. The predicted octanol–water partition coefficient (Wildman–Crippen LogP) is 0.774. The smallest absolute Gasteiger partial charge is 0.0855 e. The lowest BCUT2D eigenvalue weighted by molar-refractivity contribution is -0.0593. The highest BCUT2D eigenvalue weighted by atomic mass is 16.3. The maximum atomic E-state index is 9.61. The van der Waals surface area contributed by atoms with Crippen molar-refractivity contribution in [2.45, 2.75) is 38.9 Å². The van der Waals surface area contributed by atoms with Gasteiger partial charge in [-0.15, -0.1) is 0 Å². The number of fused-ring (bicyclic) bond motifs is 2. The minimum Gasteiger partial charge on any atom is -0.390 e. The highest BCUT2D eigenvalue weighted by molar-refractivity contribution is 5.07. The van der Waals surface area contributed by atoms with Gasteiger partial charge in [0, 0.05) is 0 Å². The summed E-state index contributed by atoms with van der Waals surface area (Å²) in [4.78, 5) is 0. The number of aliphatic hydroxyl groups is 2. The molecule has 2 fully saturated rings. The summed E-state index contributed by atoms with van der Waals surface area (Å²) >= 11 is 0. The average molecular weight is 156 g/mol. The Morgan fingerprint density at radius 1 is 1.27 bits per heavy atom. The lowest BCUT2D eigenvalue weighted by Crippen LogP contribution is -2.40. The van der Waals surface area contributed by atoms with Crippen molar-refractivity contribution in [3.63, 3.8) is 0 Å². The van der Waals surface area contributed by atoms with Crippen molar-refractivity contribution in [2.75, 3.05) is 0 Å². The number of hydrogen-bond acceptors (Lipinski definition) is 2. The zero-order chi connectivity index (χ0) is 8.22. The molecule has 4 unspecified atom stereocenters. The quantitative estimate of drug-likeness (QED) is 0.544. The van der Waals surface area contributed by atoms with E-state index in [1.165, 1.54) is 0 Å². The molecule has 2 N–H and O–H groups in total. The van der Waals surface area contributed by atoms with Gasteiger partial charge in [-0.3, -0.25) is 0 Å². The maximum Gasteiger partial charge on any atom is 0.0855 e. The molecule has 64 valence electrons. The molecule has 5 atom stereocenters. The molecule has 2 nitrogen and oxygen atoms in total. The minimum absolute atomic E-state index is 0.0174. The van der Waals surface area contributed by atoms with Crippen LogP contribution >= 0.6 is 0 Å². The van der Waals surface area contributed by atoms with Crippen LogP contribution < -0.4 is 0 Å². The first-order valence-electron chi connectivity index (χ1n) is 4.41. The second-order valence-electron chi connectivity index (χ2n) is 4.64. The summed E-state index contributed by atoms with van der Waals surface area (Å²) < 4.78 is 0. The van der Waals surface area contributed by atoms with Crippen LogP contribution in [0.3, 0.4) is 0 Å². The van der Waals surface area contributed by atoms with Crippen LogP contribution in [0, 0.1) is 17.3 Å². The van der Waals surface area contributed by atoms with Crippen LogP contribution in [0.25, 0.3) is 0 Å². The highest BCUT2D eigenvalue weighted by Crippen LogP contribution is 2.56. The monoisotopic (exact) mass is 156 g/mol. The zero-order valence-electron chi connectivity index (χ0n) is 7.12. The van der Waals surface area contributed by atoms with E-state index in [4.69, 9.17) is 0 Å². The first kappa shape index (κ1) is 7.56. The predicted molar refractivity (Wildman–Crippen MR) is 42.0 cm³/mol. The van der Waals surface area contributed by atoms with Gasteiger partial charge < -0.3 is 10.2 Å². The highest BCUT2D eigenvalue weighted by Gasteiger charge is 2.57. The Labute approximate surface area is 67.2 Å². The molecule has 0 aromatic rings. The molecule has 0 heterocycles. The molecular weight excluding hydrogens is 140 g/mol. The summed E-state index contributed by atoms with van der Waals surface area (Å²) in [7, 11) is 0. The third-order valence-corrected chi connectivity index (χ3v) is 3.70. The Morgan fingerprint density at radius 2 is 1.91 bits per heavy atom. The molecule has 0 spiro atoms. The summed E-state index contributed by atoms with van der Waals surface area (Å²) in [5, 5.41) is 19.2. The summed E-state index contributed by atoms with van der Waals surface area (Å²) in [6, 6.07) is 0. The molecule has 2 aliphatic carbocycles. The van der Waals surface area contributed by atoms with Gasteiger partial charge in [0.15, 0.2) is 0 Å². The Kier molecular flexibility index (Phi) is 1.37. The van der Waals surface area contributed by atoms with Crippen molar-refractivity contribution in [3.8, 4) is 0 Å². The van der Waals surface area contributed by atoms with Gasteiger partial charge in [-0.1, -0.05) is 13.8 Å². The third-order valence-electron chi connectivity index (χ3n) is 3.70. The van der Waals surface area contributed by atoms with E-state index in [1.807, 2.05) is 0 Å². The molecule has 2 rings (SSSR count). The van der Waals surface area contributed by atoms with Crippen LogP contribution in [0.4, 0.5) is 0 Å². The van der Waals surface area contributed by atoms with Crippen LogP contribution in [0.15, 0.2) is 0 Å². The number of rotatable bonds is 0. The van der Waals surface area contributed by atoms with Gasteiger partial charge in [-0.25, -0.2) is 0 Å². The van der Waals surface area contributed by atoms with Crippen LogP contribution in [0.1, 0.15) is 26.7 Å². The van der Waals surface area contributed by atoms with Crippen LogP contribution in [0.2, 0.25) is 0 Å². The molecule has 0 aromatic carbocycles. The van der Waals surface area contributed by atoms with Crippen molar-refractivity contribution in [1.29, 1.82) is 0 Å². The van der Waals surface area contributed by atoms with Crippen molar-refractivity contribution < 1.29 is 10.2 Å². The van der Waals surface area contributed by atoms with Crippen molar-refractivity contribution >= 4 is 0 Å². The topological polar surface area (TPSA) is 40.5 Å². The second-order valence-corrected chi connectivity index (χ2v) is 4.64. The van der Waals surface area contributed by atoms with E-state index in [0.717, 1.165) is 12.8 Å². The Morgan fingerprint density at radius 3 is 2.27 bits per heavy atom.